The highest BCUT2D eigenvalue weighted by Gasteiger charge is 2.26. The number of likely N-dealkylation sites (N-methyl/N-ethyl adjacent to an activating group) is 1. The van der Waals surface area contributed by atoms with Gasteiger partial charge in [0.1, 0.15) is 7.11 Å². The highest BCUT2D eigenvalue weighted by atomic mass is 16.6. The summed E-state index contributed by atoms with van der Waals surface area (Å²) < 4.78 is 5.09. The standard InChI is InChI=1S/C8H16N2O2/c1-10-5-7(9-12-3)4-8(10)6-11-2/h8H,4-6H2,1-3H3/b9-7-. The lowest BCUT2D eigenvalue weighted by Crippen LogP contribution is -2.28. The van der Waals surface area contributed by atoms with Crippen molar-refractivity contribution in [3.05, 3.63) is 0 Å². The zero-order valence-electron chi connectivity index (χ0n) is 7.91. The first kappa shape index (κ1) is 9.48. The van der Waals surface area contributed by atoms with Gasteiger partial charge in [0.15, 0.2) is 0 Å². The number of methoxy groups -OCH3 is 1. The summed E-state index contributed by atoms with van der Waals surface area (Å²) in [5.74, 6) is 0. The van der Waals surface area contributed by atoms with Gasteiger partial charge in [0, 0.05) is 26.1 Å². The zero-order chi connectivity index (χ0) is 8.97. The van der Waals surface area contributed by atoms with Crippen LogP contribution in [0.3, 0.4) is 0 Å². The zero-order valence-corrected chi connectivity index (χ0v) is 7.91. The van der Waals surface area contributed by atoms with E-state index >= 15 is 0 Å². The molecule has 1 rings (SSSR count). The normalized spacial score (nSPS) is 28.2. The SMILES string of the molecule is COCC1C/C(=N/OC)CN1C. The topological polar surface area (TPSA) is 34.1 Å². The molecule has 1 heterocycles. The molecule has 0 amide bonds. The van der Waals surface area contributed by atoms with Crippen molar-refractivity contribution in [2.75, 3.05) is 34.4 Å². The number of rotatable bonds is 3. The number of hydrogen-bond donors (Lipinski definition) is 0. The van der Waals surface area contributed by atoms with Crippen LogP contribution in [-0.2, 0) is 9.57 Å². The van der Waals surface area contributed by atoms with Crippen LogP contribution in [0.5, 0.6) is 0 Å². The van der Waals surface area contributed by atoms with Crippen molar-refractivity contribution in [2.45, 2.75) is 12.5 Å². The summed E-state index contributed by atoms with van der Waals surface area (Å²) in [5, 5.41) is 3.93. The molecule has 0 aromatic rings. The van der Waals surface area contributed by atoms with Crippen LogP contribution in [0.15, 0.2) is 5.16 Å². The van der Waals surface area contributed by atoms with Gasteiger partial charge >= 0.3 is 0 Å². The Morgan fingerprint density at radius 3 is 2.92 bits per heavy atom. The van der Waals surface area contributed by atoms with E-state index in [1.807, 2.05) is 0 Å². The van der Waals surface area contributed by atoms with E-state index in [0.717, 1.165) is 25.3 Å². The van der Waals surface area contributed by atoms with Gasteiger partial charge < -0.3 is 9.57 Å². The number of oxime groups is 1. The van der Waals surface area contributed by atoms with E-state index in [2.05, 4.69) is 17.1 Å². The van der Waals surface area contributed by atoms with Gasteiger partial charge in [-0.15, -0.1) is 0 Å². The molecule has 4 nitrogen and oxygen atoms in total. The second kappa shape index (κ2) is 4.42. The predicted molar refractivity (Wildman–Crippen MR) is 47.4 cm³/mol. The third-order valence-electron chi connectivity index (χ3n) is 2.11. The van der Waals surface area contributed by atoms with Gasteiger partial charge in [0.05, 0.1) is 12.3 Å². The Hall–Kier alpha value is -0.610. The molecule has 0 aromatic carbocycles. The molecule has 1 saturated heterocycles. The van der Waals surface area contributed by atoms with Crippen LogP contribution in [-0.4, -0.2) is 51.1 Å². The lowest BCUT2D eigenvalue weighted by Gasteiger charge is -2.16. The van der Waals surface area contributed by atoms with Gasteiger partial charge in [0.25, 0.3) is 0 Å². The molecule has 0 spiro atoms. The first-order valence-electron chi connectivity index (χ1n) is 4.06. The van der Waals surface area contributed by atoms with Gasteiger partial charge in [-0.25, -0.2) is 0 Å². The van der Waals surface area contributed by atoms with Crippen LogP contribution >= 0.6 is 0 Å². The smallest absolute Gasteiger partial charge is 0.106 e. The molecule has 0 radical (unpaired) electrons. The molecule has 0 aromatic heterocycles. The first-order valence-corrected chi connectivity index (χ1v) is 4.06. The summed E-state index contributed by atoms with van der Waals surface area (Å²) in [6.07, 6.45) is 0.957. The molecule has 0 N–H and O–H groups in total. The van der Waals surface area contributed by atoms with E-state index < -0.39 is 0 Å². The third-order valence-corrected chi connectivity index (χ3v) is 2.11. The minimum absolute atomic E-state index is 0.462. The van der Waals surface area contributed by atoms with Crippen LogP contribution in [0.1, 0.15) is 6.42 Å². The molecule has 0 saturated carbocycles. The van der Waals surface area contributed by atoms with Crippen molar-refractivity contribution in [1.82, 2.24) is 4.90 Å². The molecule has 1 aliphatic rings. The highest BCUT2D eigenvalue weighted by molar-refractivity contribution is 5.88. The second-order valence-electron chi connectivity index (χ2n) is 3.07. The summed E-state index contributed by atoms with van der Waals surface area (Å²) in [6.45, 7) is 1.65. The lowest BCUT2D eigenvalue weighted by molar-refractivity contribution is 0.129. The molecule has 1 atom stereocenters. The predicted octanol–water partition coefficient (Wildman–Crippen LogP) is 0.339. The fourth-order valence-electron chi connectivity index (χ4n) is 1.48. The number of likely N-dealkylation sites (tertiary alicyclic amines) is 1. The highest BCUT2D eigenvalue weighted by Crippen LogP contribution is 2.13. The van der Waals surface area contributed by atoms with Crippen LogP contribution in [0, 0.1) is 0 Å². The molecule has 70 valence electrons. The molecule has 0 bridgehead atoms. The quantitative estimate of drug-likeness (QED) is 0.576. The summed E-state index contributed by atoms with van der Waals surface area (Å²) in [4.78, 5) is 6.94. The van der Waals surface area contributed by atoms with E-state index in [1.165, 1.54) is 0 Å². The number of hydrogen-bond acceptors (Lipinski definition) is 4. The fourth-order valence-corrected chi connectivity index (χ4v) is 1.48. The Morgan fingerprint density at radius 1 is 1.58 bits per heavy atom. The summed E-state index contributed by atoms with van der Waals surface area (Å²) in [6, 6.07) is 0.462. The largest absolute Gasteiger partial charge is 0.399 e. The van der Waals surface area contributed by atoms with E-state index in [9.17, 15) is 0 Å². The minimum atomic E-state index is 0.462. The average Bonchev–Trinajstić information content (AvgIpc) is 2.34. The lowest BCUT2D eigenvalue weighted by atomic mass is 10.2. The number of nitrogens with zero attached hydrogens (tertiary/aromatic N) is 2. The van der Waals surface area contributed by atoms with Crippen LogP contribution in [0.2, 0.25) is 0 Å². The van der Waals surface area contributed by atoms with Crippen molar-refractivity contribution in [3.8, 4) is 0 Å². The Labute approximate surface area is 73.1 Å². The van der Waals surface area contributed by atoms with Crippen molar-refractivity contribution in [1.29, 1.82) is 0 Å². The Bertz CT molecular complexity index is 170. The molecular weight excluding hydrogens is 156 g/mol. The van der Waals surface area contributed by atoms with Gasteiger partial charge in [-0.2, -0.15) is 0 Å². The monoisotopic (exact) mass is 172 g/mol. The van der Waals surface area contributed by atoms with E-state index in [-0.39, 0.29) is 0 Å². The summed E-state index contributed by atoms with van der Waals surface area (Å²) >= 11 is 0. The van der Waals surface area contributed by atoms with Crippen molar-refractivity contribution >= 4 is 5.71 Å². The minimum Gasteiger partial charge on any atom is -0.399 e. The molecule has 1 aliphatic heterocycles. The molecular formula is C8H16N2O2. The van der Waals surface area contributed by atoms with Gasteiger partial charge in [0.2, 0.25) is 0 Å². The summed E-state index contributed by atoms with van der Waals surface area (Å²) in [5.41, 5.74) is 1.10. The van der Waals surface area contributed by atoms with Gasteiger partial charge in [-0.3, -0.25) is 4.90 Å². The Balaban J connectivity index is 2.44. The summed E-state index contributed by atoms with van der Waals surface area (Å²) in [7, 11) is 5.37. The molecule has 4 heteroatoms. The average molecular weight is 172 g/mol. The first-order chi connectivity index (χ1) is 5.77. The van der Waals surface area contributed by atoms with Crippen molar-refractivity contribution < 1.29 is 9.57 Å². The molecule has 1 fully saturated rings. The van der Waals surface area contributed by atoms with E-state index in [4.69, 9.17) is 9.57 Å². The van der Waals surface area contributed by atoms with Crippen LogP contribution < -0.4 is 0 Å². The maximum atomic E-state index is 5.09. The van der Waals surface area contributed by atoms with Gasteiger partial charge in [-0.05, 0) is 7.05 Å². The maximum absolute atomic E-state index is 5.09. The Kier molecular flexibility index (Phi) is 3.49. The van der Waals surface area contributed by atoms with Crippen molar-refractivity contribution in [2.24, 2.45) is 5.16 Å². The second-order valence-corrected chi connectivity index (χ2v) is 3.07. The van der Waals surface area contributed by atoms with Gasteiger partial charge in [-0.1, -0.05) is 5.16 Å². The van der Waals surface area contributed by atoms with Crippen molar-refractivity contribution in [3.63, 3.8) is 0 Å². The van der Waals surface area contributed by atoms with Crippen LogP contribution in [0.25, 0.3) is 0 Å². The fraction of sp³-hybridized carbons (Fsp3) is 0.875. The third kappa shape index (κ3) is 2.19. The molecule has 0 aliphatic carbocycles. The van der Waals surface area contributed by atoms with Crippen LogP contribution in [0.4, 0.5) is 0 Å². The van der Waals surface area contributed by atoms with E-state index in [1.54, 1.807) is 14.2 Å². The number of ether oxygens (including phenoxy) is 1. The Morgan fingerprint density at radius 2 is 2.33 bits per heavy atom. The molecule has 12 heavy (non-hydrogen) atoms. The van der Waals surface area contributed by atoms with E-state index in [0.29, 0.717) is 6.04 Å². The molecule has 1 unspecified atom stereocenters. The maximum Gasteiger partial charge on any atom is 0.106 e.